The molecule has 1 N–H and O–H groups in total. The Bertz CT molecular complexity index is 1040. The Morgan fingerprint density at radius 3 is 2.96 bits per heavy atom. The summed E-state index contributed by atoms with van der Waals surface area (Å²) in [6.45, 7) is -0.150. The minimum atomic E-state index is -0.427. The maximum Gasteiger partial charge on any atom is 0.262 e. The lowest BCUT2D eigenvalue weighted by atomic mass is 10.1. The first kappa shape index (κ1) is 16.9. The molecule has 2 aromatic heterocycles. The zero-order chi connectivity index (χ0) is 18.1. The fourth-order valence-electron chi connectivity index (χ4n) is 3.39. The highest BCUT2D eigenvalue weighted by Gasteiger charge is 2.19. The van der Waals surface area contributed by atoms with Crippen molar-refractivity contribution in [1.29, 1.82) is 0 Å². The molecule has 1 aliphatic carbocycles. The molecule has 0 atom stereocenters. The summed E-state index contributed by atoms with van der Waals surface area (Å²) in [4.78, 5) is 31.6. The molecule has 0 spiro atoms. The number of carbonyl (C=O) groups is 1. The number of carbonyl (C=O) groups excluding carboxylic acids is 1. The van der Waals surface area contributed by atoms with Gasteiger partial charge in [0.2, 0.25) is 5.91 Å². The molecular formula is C19H18FN3O2S. The molecule has 0 saturated carbocycles. The highest BCUT2D eigenvalue weighted by Crippen LogP contribution is 2.32. The topological polar surface area (TPSA) is 64.0 Å². The van der Waals surface area contributed by atoms with E-state index >= 15 is 0 Å². The predicted octanol–water partition coefficient (Wildman–Crippen LogP) is 3.50. The highest BCUT2D eigenvalue weighted by molar-refractivity contribution is 7.18. The van der Waals surface area contributed by atoms with Crippen LogP contribution in [-0.4, -0.2) is 15.5 Å². The average Bonchev–Trinajstić information content (AvgIpc) is 2.80. The van der Waals surface area contributed by atoms with Crippen LogP contribution < -0.4 is 10.9 Å². The van der Waals surface area contributed by atoms with Crippen LogP contribution in [0.2, 0.25) is 0 Å². The number of hydrogen-bond acceptors (Lipinski definition) is 4. The lowest BCUT2D eigenvalue weighted by molar-refractivity contribution is -0.116. The summed E-state index contributed by atoms with van der Waals surface area (Å²) in [5, 5.41) is 3.27. The van der Waals surface area contributed by atoms with Gasteiger partial charge in [0.05, 0.1) is 11.7 Å². The summed E-state index contributed by atoms with van der Waals surface area (Å²) in [6.07, 6.45) is 6.71. The number of nitrogens with one attached hydrogen (secondary N) is 1. The number of nitrogens with zero attached hydrogens (tertiary/aromatic N) is 2. The molecule has 0 fully saturated rings. The Labute approximate surface area is 153 Å². The second kappa shape index (κ2) is 6.99. The molecule has 5 nitrogen and oxygen atoms in total. The lowest BCUT2D eigenvalue weighted by Gasteiger charge is -2.08. The fraction of sp³-hybridized carbons (Fsp3) is 0.316. The van der Waals surface area contributed by atoms with Crippen LogP contribution in [0.25, 0.3) is 10.2 Å². The van der Waals surface area contributed by atoms with Crippen LogP contribution in [0, 0.1) is 5.82 Å². The van der Waals surface area contributed by atoms with E-state index < -0.39 is 5.82 Å². The van der Waals surface area contributed by atoms with Crippen molar-refractivity contribution in [2.75, 3.05) is 5.32 Å². The summed E-state index contributed by atoms with van der Waals surface area (Å²) < 4.78 is 14.6. The smallest absolute Gasteiger partial charge is 0.262 e. The van der Waals surface area contributed by atoms with E-state index in [0.29, 0.717) is 11.1 Å². The van der Waals surface area contributed by atoms with Crippen LogP contribution in [0.15, 0.2) is 35.4 Å². The molecule has 0 bridgehead atoms. The number of aromatic nitrogens is 2. The first-order valence-corrected chi connectivity index (χ1v) is 9.48. The average molecular weight is 371 g/mol. The molecule has 1 aromatic carbocycles. The van der Waals surface area contributed by atoms with Gasteiger partial charge in [0.15, 0.2) is 0 Å². The van der Waals surface area contributed by atoms with E-state index in [4.69, 9.17) is 0 Å². The molecule has 134 valence electrons. The van der Waals surface area contributed by atoms with Crippen molar-refractivity contribution >= 4 is 33.1 Å². The zero-order valence-electron chi connectivity index (χ0n) is 14.1. The van der Waals surface area contributed by atoms with Crippen molar-refractivity contribution < 1.29 is 9.18 Å². The Morgan fingerprint density at radius 1 is 1.27 bits per heavy atom. The van der Waals surface area contributed by atoms with Gasteiger partial charge in [0.25, 0.3) is 5.56 Å². The van der Waals surface area contributed by atoms with E-state index in [1.807, 2.05) is 0 Å². The van der Waals surface area contributed by atoms with Crippen molar-refractivity contribution in [3.05, 3.63) is 57.2 Å². The first-order valence-electron chi connectivity index (χ1n) is 8.67. The maximum absolute atomic E-state index is 13.2. The van der Waals surface area contributed by atoms with Crippen molar-refractivity contribution in [1.82, 2.24) is 9.55 Å². The quantitative estimate of drug-likeness (QED) is 0.717. The molecule has 0 aliphatic heterocycles. The molecular weight excluding hydrogens is 353 g/mol. The van der Waals surface area contributed by atoms with Gasteiger partial charge in [0.1, 0.15) is 17.2 Å². The normalized spacial score (nSPS) is 14.0. The molecule has 1 amide bonds. The standard InChI is InChI=1S/C19H18FN3O2S/c20-12-5-4-6-13(9-12)22-16(24)10-23-11-21-18-17(19(23)25)14-7-2-1-3-8-15(14)26-18/h4-6,9,11H,1-3,7-8,10H2,(H,22,24). The number of rotatable bonds is 3. The summed E-state index contributed by atoms with van der Waals surface area (Å²) in [7, 11) is 0. The highest BCUT2D eigenvalue weighted by atomic mass is 32.1. The second-order valence-electron chi connectivity index (χ2n) is 6.48. The molecule has 26 heavy (non-hydrogen) atoms. The van der Waals surface area contributed by atoms with Gasteiger partial charge < -0.3 is 5.32 Å². The molecule has 2 heterocycles. The first-order chi connectivity index (χ1) is 12.6. The van der Waals surface area contributed by atoms with Gasteiger partial charge in [-0.15, -0.1) is 11.3 Å². The van der Waals surface area contributed by atoms with Gasteiger partial charge in [0, 0.05) is 10.6 Å². The Hall–Kier alpha value is -2.54. The maximum atomic E-state index is 13.2. The third-order valence-corrected chi connectivity index (χ3v) is 5.81. The Morgan fingerprint density at radius 2 is 2.12 bits per heavy atom. The SMILES string of the molecule is O=C(Cn1cnc2sc3c(c2c1=O)CCCCC3)Nc1cccc(F)c1. The van der Waals surface area contributed by atoms with Crippen LogP contribution >= 0.6 is 11.3 Å². The number of aryl methyl sites for hydroxylation is 2. The lowest BCUT2D eigenvalue weighted by Crippen LogP contribution is -2.28. The molecule has 7 heteroatoms. The molecule has 3 aromatic rings. The summed E-state index contributed by atoms with van der Waals surface area (Å²) in [5.74, 6) is -0.816. The number of fused-ring (bicyclic) bond motifs is 3. The Balaban J connectivity index is 1.62. The van der Waals surface area contributed by atoms with Gasteiger partial charge in [-0.05, 0) is 49.4 Å². The minimum absolute atomic E-state index is 0.150. The van der Waals surface area contributed by atoms with Gasteiger partial charge in [-0.1, -0.05) is 12.5 Å². The van der Waals surface area contributed by atoms with E-state index in [0.717, 1.165) is 36.1 Å². The van der Waals surface area contributed by atoms with Crippen molar-refractivity contribution in [3.8, 4) is 0 Å². The molecule has 0 saturated heterocycles. The number of hydrogen-bond donors (Lipinski definition) is 1. The third kappa shape index (κ3) is 3.26. The van der Waals surface area contributed by atoms with Gasteiger partial charge in [-0.25, -0.2) is 9.37 Å². The molecule has 4 rings (SSSR count). The van der Waals surface area contributed by atoms with Gasteiger partial charge in [-0.3, -0.25) is 14.2 Å². The number of benzene rings is 1. The minimum Gasteiger partial charge on any atom is -0.324 e. The molecule has 0 unspecified atom stereocenters. The van der Waals surface area contributed by atoms with E-state index in [9.17, 15) is 14.0 Å². The van der Waals surface area contributed by atoms with Gasteiger partial charge in [-0.2, -0.15) is 0 Å². The van der Waals surface area contributed by atoms with E-state index in [1.54, 1.807) is 17.4 Å². The van der Waals surface area contributed by atoms with Crippen LogP contribution in [0.4, 0.5) is 10.1 Å². The van der Waals surface area contributed by atoms with Crippen LogP contribution in [-0.2, 0) is 24.2 Å². The summed E-state index contributed by atoms with van der Waals surface area (Å²) in [5.41, 5.74) is 1.30. The summed E-state index contributed by atoms with van der Waals surface area (Å²) in [6, 6.07) is 5.66. The van der Waals surface area contributed by atoms with E-state index in [-0.39, 0.29) is 18.0 Å². The fourth-order valence-corrected chi connectivity index (χ4v) is 4.61. The number of anilines is 1. The van der Waals surface area contributed by atoms with Crippen molar-refractivity contribution in [2.45, 2.75) is 38.6 Å². The monoisotopic (exact) mass is 371 g/mol. The summed E-state index contributed by atoms with van der Waals surface area (Å²) >= 11 is 1.59. The van der Waals surface area contributed by atoms with Crippen LogP contribution in [0.5, 0.6) is 0 Å². The number of amides is 1. The van der Waals surface area contributed by atoms with E-state index in [2.05, 4.69) is 10.3 Å². The van der Waals surface area contributed by atoms with E-state index in [1.165, 1.54) is 40.4 Å². The predicted molar refractivity (Wildman–Crippen MR) is 100 cm³/mol. The molecule has 1 aliphatic rings. The Kier molecular flexibility index (Phi) is 4.55. The number of halogens is 1. The van der Waals surface area contributed by atoms with Crippen molar-refractivity contribution in [3.63, 3.8) is 0 Å². The third-order valence-electron chi connectivity index (χ3n) is 4.61. The second-order valence-corrected chi connectivity index (χ2v) is 7.56. The van der Waals surface area contributed by atoms with Crippen LogP contribution in [0.1, 0.15) is 29.7 Å². The number of thiophene rings is 1. The molecule has 0 radical (unpaired) electrons. The van der Waals surface area contributed by atoms with Crippen molar-refractivity contribution in [2.24, 2.45) is 0 Å². The zero-order valence-corrected chi connectivity index (χ0v) is 14.9. The van der Waals surface area contributed by atoms with Gasteiger partial charge >= 0.3 is 0 Å². The van der Waals surface area contributed by atoms with Crippen LogP contribution in [0.3, 0.4) is 0 Å². The largest absolute Gasteiger partial charge is 0.324 e.